The number of aromatic nitrogens is 2. The molecule has 0 spiro atoms. The Bertz CT molecular complexity index is 857. The van der Waals surface area contributed by atoms with Gasteiger partial charge in [-0.05, 0) is 44.4 Å². The fraction of sp³-hybridized carbons (Fsp3) is 0.357. The van der Waals surface area contributed by atoms with Gasteiger partial charge < -0.3 is 0 Å². The minimum absolute atomic E-state index is 0.0166. The van der Waals surface area contributed by atoms with E-state index in [0.29, 0.717) is 16.3 Å². The molecule has 122 valence electrons. The Hall–Kier alpha value is -1.84. The molecule has 1 amide bonds. The van der Waals surface area contributed by atoms with E-state index in [4.69, 9.17) is 0 Å². The van der Waals surface area contributed by atoms with Crippen molar-refractivity contribution in [3.8, 4) is 0 Å². The first-order chi connectivity index (χ1) is 10.8. The van der Waals surface area contributed by atoms with Gasteiger partial charge in [0.15, 0.2) is 0 Å². The summed E-state index contributed by atoms with van der Waals surface area (Å²) in [5, 5.41) is 11.4. The van der Waals surface area contributed by atoms with Crippen LogP contribution in [0.3, 0.4) is 0 Å². The van der Waals surface area contributed by atoms with Gasteiger partial charge in [-0.3, -0.25) is 10.1 Å². The topological polar surface area (TPSA) is 101 Å². The summed E-state index contributed by atoms with van der Waals surface area (Å²) in [6.45, 7) is 3.54. The number of hydrogen-bond donors (Lipinski definition) is 2. The molecule has 1 aromatic heterocycles. The third-order valence-electron chi connectivity index (χ3n) is 3.41. The molecule has 7 nitrogen and oxygen atoms in total. The lowest BCUT2D eigenvalue weighted by molar-refractivity contribution is 0.102. The number of benzene rings is 1. The van der Waals surface area contributed by atoms with Crippen molar-refractivity contribution < 1.29 is 13.2 Å². The molecule has 1 heterocycles. The van der Waals surface area contributed by atoms with Crippen LogP contribution < -0.4 is 10.0 Å². The van der Waals surface area contributed by atoms with Crippen molar-refractivity contribution in [1.82, 2.24) is 14.9 Å². The largest absolute Gasteiger partial charge is 0.296 e. The van der Waals surface area contributed by atoms with Crippen LogP contribution in [-0.4, -0.2) is 30.6 Å². The van der Waals surface area contributed by atoms with Crippen molar-refractivity contribution in [2.75, 3.05) is 5.32 Å². The molecule has 0 saturated heterocycles. The van der Waals surface area contributed by atoms with Gasteiger partial charge in [-0.2, -0.15) is 0 Å². The van der Waals surface area contributed by atoms with Crippen LogP contribution in [-0.2, 0) is 10.0 Å². The lowest BCUT2D eigenvalue weighted by Gasteiger charge is -2.09. The molecule has 1 aliphatic rings. The molecule has 9 heteroatoms. The molecule has 0 atom stereocenters. The molecule has 1 aromatic carbocycles. The predicted molar refractivity (Wildman–Crippen MR) is 87.1 cm³/mol. The van der Waals surface area contributed by atoms with Gasteiger partial charge in [0.2, 0.25) is 15.2 Å². The molecule has 0 radical (unpaired) electrons. The second-order valence-electron chi connectivity index (χ2n) is 5.45. The van der Waals surface area contributed by atoms with Crippen LogP contribution >= 0.6 is 11.3 Å². The SMILES string of the molecule is Cc1nnc(NC(=O)c2cc(S(=O)(=O)NC3CC3)ccc2C)s1. The van der Waals surface area contributed by atoms with Crippen molar-refractivity contribution in [3.05, 3.63) is 34.3 Å². The van der Waals surface area contributed by atoms with Crippen LogP contribution in [0.25, 0.3) is 0 Å². The lowest BCUT2D eigenvalue weighted by atomic mass is 10.1. The van der Waals surface area contributed by atoms with Crippen LogP contribution in [0.1, 0.15) is 33.8 Å². The van der Waals surface area contributed by atoms with Crippen LogP contribution in [0.15, 0.2) is 23.1 Å². The van der Waals surface area contributed by atoms with Crippen molar-refractivity contribution in [2.45, 2.75) is 37.6 Å². The average Bonchev–Trinajstić information content (AvgIpc) is 3.19. The zero-order valence-electron chi connectivity index (χ0n) is 12.7. The molecule has 0 unspecified atom stereocenters. The van der Waals surface area contributed by atoms with E-state index in [1.54, 1.807) is 19.9 Å². The van der Waals surface area contributed by atoms with Gasteiger partial charge in [0.05, 0.1) is 4.90 Å². The first kappa shape index (κ1) is 16.0. The minimum atomic E-state index is -3.59. The Kier molecular flexibility index (Phi) is 4.17. The lowest BCUT2D eigenvalue weighted by Crippen LogP contribution is -2.26. The summed E-state index contributed by atoms with van der Waals surface area (Å²) in [4.78, 5) is 12.5. The third-order valence-corrected chi connectivity index (χ3v) is 5.68. The molecule has 0 bridgehead atoms. The first-order valence-electron chi connectivity index (χ1n) is 7.09. The van der Waals surface area contributed by atoms with Crippen LogP contribution in [0, 0.1) is 13.8 Å². The second kappa shape index (κ2) is 5.99. The summed E-state index contributed by atoms with van der Waals surface area (Å²) < 4.78 is 27.1. The number of amides is 1. The maximum absolute atomic E-state index is 12.4. The molecule has 23 heavy (non-hydrogen) atoms. The molecule has 2 aromatic rings. The number of hydrogen-bond acceptors (Lipinski definition) is 6. The Morgan fingerprint density at radius 1 is 1.26 bits per heavy atom. The monoisotopic (exact) mass is 352 g/mol. The Morgan fingerprint density at radius 2 is 2.00 bits per heavy atom. The quantitative estimate of drug-likeness (QED) is 0.855. The summed E-state index contributed by atoms with van der Waals surface area (Å²) in [5.41, 5.74) is 0.991. The predicted octanol–water partition coefficient (Wildman–Crippen LogP) is 1.85. The van der Waals surface area contributed by atoms with Gasteiger partial charge in [-0.25, -0.2) is 13.1 Å². The fourth-order valence-corrected chi connectivity index (χ4v) is 3.93. The highest BCUT2D eigenvalue weighted by Gasteiger charge is 2.28. The molecule has 0 aliphatic heterocycles. The zero-order valence-corrected chi connectivity index (χ0v) is 14.3. The van der Waals surface area contributed by atoms with Gasteiger partial charge >= 0.3 is 0 Å². The van der Waals surface area contributed by atoms with Gasteiger partial charge in [0.25, 0.3) is 5.91 Å². The van der Waals surface area contributed by atoms with E-state index in [0.717, 1.165) is 17.8 Å². The molecule has 1 aliphatic carbocycles. The van der Waals surface area contributed by atoms with E-state index >= 15 is 0 Å². The molecule has 1 saturated carbocycles. The Labute approximate surface area is 138 Å². The number of carbonyl (C=O) groups is 1. The van der Waals surface area contributed by atoms with E-state index in [-0.39, 0.29) is 10.9 Å². The Balaban J connectivity index is 1.86. The van der Waals surface area contributed by atoms with Gasteiger partial charge in [0, 0.05) is 11.6 Å². The maximum Gasteiger partial charge on any atom is 0.257 e. The summed E-state index contributed by atoms with van der Waals surface area (Å²) in [6.07, 6.45) is 1.71. The number of aryl methyl sites for hydroxylation is 2. The standard InChI is InChI=1S/C14H16N4O3S2/c1-8-3-6-11(23(20,21)18-10-4-5-10)7-12(8)13(19)15-14-17-16-9(2)22-14/h3,6-7,10,18H,4-5H2,1-2H3,(H,15,17,19). The number of rotatable bonds is 5. The normalized spacial score (nSPS) is 14.7. The summed E-state index contributed by atoms with van der Waals surface area (Å²) >= 11 is 1.26. The van der Waals surface area contributed by atoms with Crippen LogP contribution in [0.2, 0.25) is 0 Å². The highest BCUT2D eigenvalue weighted by atomic mass is 32.2. The molecule has 1 fully saturated rings. The van der Waals surface area contributed by atoms with Gasteiger partial charge in [0.1, 0.15) is 5.01 Å². The fourth-order valence-electron chi connectivity index (χ4n) is 2.01. The number of nitrogens with zero attached hydrogens (tertiary/aromatic N) is 2. The maximum atomic E-state index is 12.4. The zero-order chi connectivity index (χ0) is 16.6. The highest BCUT2D eigenvalue weighted by molar-refractivity contribution is 7.89. The van der Waals surface area contributed by atoms with Gasteiger partial charge in [-0.1, -0.05) is 17.4 Å². The number of sulfonamides is 1. The van der Waals surface area contributed by atoms with E-state index in [9.17, 15) is 13.2 Å². The smallest absolute Gasteiger partial charge is 0.257 e. The van der Waals surface area contributed by atoms with E-state index in [1.807, 2.05) is 0 Å². The summed E-state index contributed by atoms with van der Waals surface area (Å²) in [7, 11) is -3.59. The average molecular weight is 352 g/mol. The molecular weight excluding hydrogens is 336 g/mol. The van der Waals surface area contributed by atoms with Crippen molar-refractivity contribution in [2.24, 2.45) is 0 Å². The number of carbonyl (C=O) groups excluding carboxylic acids is 1. The molecule has 3 rings (SSSR count). The Morgan fingerprint density at radius 3 is 2.61 bits per heavy atom. The first-order valence-corrected chi connectivity index (χ1v) is 9.39. The van der Waals surface area contributed by atoms with E-state index in [2.05, 4.69) is 20.2 Å². The summed E-state index contributed by atoms with van der Waals surface area (Å²) in [6, 6.07) is 4.54. The van der Waals surface area contributed by atoms with Crippen molar-refractivity contribution >= 4 is 32.4 Å². The van der Waals surface area contributed by atoms with Crippen molar-refractivity contribution in [3.63, 3.8) is 0 Å². The van der Waals surface area contributed by atoms with Crippen molar-refractivity contribution in [1.29, 1.82) is 0 Å². The van der Waals surface area contributed by atoms with E-state index < -0.39 is 15.9 Å². The van der Waals surface area contributed by atoms with E-state index in [1.165, 1.54) is 23.5 Å². The molecule has 2 N–H and O–H groups in total. The highest BCUT2D eigenvalue weighted by Crippen LogP contribution is 2.24. The van der Waals surface area contributed by atoms with Crippen LogP contribution in [0.4, 0.5) is 5.13 Å². The second-order valence-corrected chi connectivity index (χ2v) is 8.35. The summed E-state index contributed by atoms with van der Waals surface area (Å²) in [5.74, 6) is -0.401. The molecular formula is C14H16N4O3S2. The minimum Gasteiger partial charge on any atom is -0.296 e. The third kappa shape index (κ3) is 3.74. The van der Waals surface area contributed by atoms with Gasteiger partial charge in [-0.15, -0.1) is 10.2 Å². The van der Waals surface area contributed by atoms with Crippen LogP contribution in [0.5, 0.6) is 0 Å². The number of nitrogens with one attached hydrogen (secondary N) is 2. The number of anilines is 1.